The first-order valence-corrected chi connectivity index (χ1v) is 14.5. The lowest BCUT2D eigenvalue weighted by atomic mass is 9.50. The highest BCUT2D eigenvalue weighted by molar-refractivity contribution is 5.66. The van der Waals surface area contributed by atoms with Crippen molar-refractivity contribution in [2.24, 2.45) is 46.8 Å². The molecule has 6 heteroatoms. The number of allylic oxidation sites excluding steroid dienone is 1. The Hall–Kier alpha value is -1.40. The molecule has 200 valence electrons. The summed E-state index contributed by atoms with van der Waals surface area (Å²) in [6.07, 6.45) is 10.8. The second-order valence-electron chi connectivity index (χ2n) is 13.3. The van der Waals surface area contributed by atoms with E-state index >= 15 is 0 Å². The number of fused-ring (bicyclic) bond motifs is 7. The topological polar surface area (TPSA) is 71.1 Å². The lowest BCUT2D eigenvalue weighted by Gasteiger charge is -2.56. The Bertz CT molecular complexity index is 934. The van der Waals surface area contributed by atoms with Crippen molar-refractivity contribution < 1.29 is 28.5 Å². The molecule has 0 aromatic carbocycles. The van der Waals surface area contributed by atoms with E-state index in [-0.39, 0.29) is 35.7 Å². The van der Waals surface area contributed by atoms with E-state index in [0.717, 1.165) is 45.1 Å². The van der Waals surface area contributed by atoms with E-state index < -0.39 is 5.79 Å². The zero-order chi connectivity index (χ0) is 25.4. The summed E-state index contributed by atoms with van der Waals surface area (Å²) in [5, 5.41) is 0. The predicted molar refractivity (Wildman–Crippen MR) is 134 cm³/mol. The van der Waals surface area contributed by atoms with Crippen molar-refractivity contribution >= 4 is 11.9 Å². The molecule has 2 aliphatic heterocycles. The average Bonchev–Trinajstić information content (AvgIpc) is 3.30. The van der Waals surface area contributed by atoms with Gasteiger partial charge in [-0.3, -0.25) is 9.59 Å². The Balaban J connectivity index is 1.30. The summed E-state index contributed by atoms with van der Waals surface area (Å²) in [4.78, 5) is 23.9. The maximum Gasteiger partial charge on any atom is 0.303 e. The smallest absolute Gasteiger partial charge is 0.303 e. The van der Waals surface area contributed by atoms with Crippen molar-refractivity contribution in [2.75, 3.05) is 6.61 Å². The third-order valence-electron chi connectivity index (χ3n) is 11.3. The third-order valence-corrected chi connectivity index (χ3v) is 11.3. The average molecular weight is 501 g/mol. The van der Waals surface area contributed by atoms with Crippen molar-refractivity contribution in [3.8, 4) is 0 Å². The predicted octanol–water partition coefficient (Wildman–Crippen LogP) is 5.44. The maximum atomic E-state index is 12.3. The molecule has 0 bridgehead atoms. The van der Waals surface area contributed by atoms with Crippen LogP contribution < -0.4 is 0 Å². The minimum Gasteiger partial charge on any atom is -0.463 e. The van der Waals surface area contributed by atoms with Crippen LogP contribution in [0.15, 0.2) is 11.6 Å². The highest BCUT2D eigenvalue weighted by Crippen LogP contribution is 2.66. The van der Waals surface area contributed by atoms with E-state index in [1.165, 1.54) is 25.3 Å². The summed E-state index contributed by atoms with van der Waals surface area (Å²) in [6, 6.07) is 0. The van der Waals surface area contributed by atoms with Crippen LogP contribution in [0, 0.1) is 46.8 Å². The molecule has 4 aliphatic carbocycles. The molecular formula is C30H44O6. The van der Waals surface area contributed by atoms with Crippen LogP contribution in [0.1, 0.15) is 86.0 Å². The molecule has 0 aromatic rings. The van der Waals surface area contributed by atoms with Gasteiger partial charge in [0.05, 0.1) is 12.7 Å². The first-order valence-electron chi connectivity index (χ1n) is 14.5. The fourth-order valence-corrected chi connectivity index (χ4v) is 9.62. The van der Waals surface area contributed by atoms with Gasteiger partial charge < -0.3 is 18.9 Å². The molecule has 12 atom stereocenters. The van der Waals surface area contributed by atoms with Gasteiger partial charge >= 0.3 is 11.9 Å². The number of carbonyl (C=O) groups excluding carboxylic acids is 2. The molecule has 0 aromatic heterocycles. The largest absolute Gasteiger partial charge is 0.463 e. The first kappa shape index (κ1) is 24.9. The SMILES string of the molecule is CC(=O)OC1CCC2(C)C3=CC(OC(C)=O)C4C(CC5OC6(CCC(C)CO6)C(C)C54)C3CCC2C1. The van der Waals surface area contributed by atoms with Crippen molar-refractivity contribution in [3.05, 3.63) is 11.6 Å². The van der Waals surface area contributed by atoms with Crippen LogP contribution in [0.5, 0.6) is 0 Å². The number of hydrogen-bond acceptors (Lipinski definition) is 6. The molecule has 3 saturated carbocycles. The van der Waals surface area contributed by atoms with Crippen LogP contribution in [0.25, 0.3) is 0 Å². The quantitative estimate of drug-likeness (QED) is 0.372. The standard InChI is InChI=1S/C30H44O6/c1-16-8-11-30(33-15-16)17(2)27-26(36-30)13-23-22-7-6-20-12-21(34-18(3)31)9-10-29(20,5)24(22)14-25(28(23)27)35-19(4)32/h14,16-17,20-23,25-28H,6-13,15H2,1-5H3. The Kier molecular flexibility index (Phi) is 6.11. The van der Waals surface area contributed by atoms with Gasteiger partial charge in [0.2, 0.25) is 0 Å². The summed E-state index contributed by atoms with van der Waals surface area (Å²) in [7, 11) is 0. The lowest BCUT2D eigenvalue weighted by molar-refractivity contribution is -0.271. The monoisotopic (exact) mass is 500 g/mol. The van der Waals surface area contributed by atoms with E-state index in [4.69, 9.17) is 18.9 Å². The van der Waals surface area contributed by atoms with Crippen LogP contribution in [-0.4, -0.2) is 42.6 Å². The van der Waals surface area contributed by atoms with Gasteiger partial charge in [0, 0.05) is 32.1 Å². The fourth-order valence-electron chi connectivity index (χ4n) is 9.62. The zero-order valence-electron chi connectivity index (χ0n) is 22.7. The minimum atomic E-state index is -0.462. The van der Waals surface area contributed by atoms with Crippen molar-refractivity contribution in [1.29, 1.82) is 0 Å². The summed E-state index contributed by atoms with van der Waals surface area (Å²) in [5.41, 5.74) is 1.59. The summed E-state index contributed by atoms with van der Waals surface area (Å²) < 4.78 is 25.0. The molecular weight excluding hydrogens is 456 g/mol. The number of ether oxygens (including phenoxy) is 4. The molecule has 6 rings (SSSR count). The molecule has 6 nitrogen and oxygen atoms in total. The van der Waals surface area contributed by atoms with E-state index in [1.807, 2.05) is 0 Å². The van der Waals surface area contributed by atoms with Crippen LogP contribution in [-0.2, 0) is 28.5 Å². The second kappa shape index (κ2) is 8.83. The van der Waals surface area contributed by atoms with Crippen LogP contribution in [0.2, 0.25) is 0 Å². The van der Waals surface area contributed by atoms with Gasteiger partial charge in [0.25, 0.3) is 0 Å². The molecule has 0 amide bonds. The number of esters is 2. The summed E-state index contributed by atoms with van der Waals surface area (Å²) in [5.74, 6) is 2.21. The Morgan fingerprint density at radius 2 is 1.75 bits per heavy atom. The fraction of sp³-hybridized carbons (Fsp3) is 0.867. The summed E-state index contributed by atoms with van der Waals surface area (Å²) in [6.45, 7) is 10.8. The maximum absolute atomic E-state index is 12.3. The second-order valence-corrected chi connectivity index (χ2v) is 13.3. The lowest BCUT2D eigenvalue weighted by Crippen LogP contribution is -2.51. The molecule has 0 N–H and O–H groups in total. The van der Waals surface area contributed by atoms with Crippen LogP contribution >= 0.6 is 0 Å². The highest BCUT2D eigenvalue weighted by atomic mass is 16.7. The molecule has 6 aliphatic rings. The first-order chi connectivity index (χ1) is 17.1. The van der Waals surface area contributed by atoms with Gasteiger partial charge in [-0.1, -0.05) is 26.3 Å². The Morgan fingerprint density at radius 1 is 0.972 bits per heavy atom. The van der Waals surface area contributed by atoms with Gasteiger partial charge in [0.1, 0.15) is 12.2 Å². The van der Waals surface area contributed by atoms with Gasteiger partial charge in [-0.2, -0.15) is 0 Å². The number of hydrogen-bond donors (Lipinski definition) is 0. The van der Waals surface area contributed by atoms with Crippen molar-refractivity contribution in [1.82, 2.24) is 0 Å². The van der Waals surface area contributed by atoms with E-state index in [2.05, 4.69) is 26.8 Å². The molecule has 1 spiro atoms. The molecule has 2 heterocycles. The Labute approximate surface area is 215 Å². The third kappa shape index (κ3) is 3.80. The van der Waals surface area contributed by atoms with Crippen LogP contribution in [0.4, 0.5) is 0 Å². The van der Waals surface area contributed by atoms with E-state index in [9.17, 15) is 9.59 Å². The normalized spacial score (nSPS) is 51.4. The highest BCUT2D eigenvalue weighted by Gasteiger charge is 2.66. The van der Waals surface area contributed by atoms with Gasteiger partial charge in [0.15, 0.2) is 5.79 Å². The van der Waals surface area contributed by atoms with Crippen LogP contribution in [0.3, 0.4) is 0 Å². The summed E-state index contributed by atoms with van der Waals surface area (Å²) >= 11 is 0. The van der Waals surface area contributed by atoms with Crippen molar-refractivity contribution in [2.45, 2.75) is 110 Å². The number of rotatable bonds is 2. The zero-order valence-corrected chi connectivity index (χ0v) is 22.7. The van der Waals surface area contributed by atoms with Crippen molar-refractivity contribution in [3.63, 3.8) is 0 Å². The van der Waals surface area contributed by atoms with E-state index in [1.54, 1.807) is 6.92 Å². The van der Waals surface area contributed by atoms with Gasteiger partial charge in [-0.25, -0.2) is 0 Å². The molecule has 5 fully saturated rings. The Morgan fingerprint density at radius 3 is 2.44 bits per heavy atom. The molecule has 0 radical (unpaired) electrons. The number of carbonyl (C=O) groups is 2. The van der Waals surface area contributed by atoms with Gasteiger partial charge in [-0.05, 0) is 86.0 Å². The molecule has 36 heavy (non-hydrogen) atoms. The molecule has 12 unspecified atom stereocenters. The minimum absolute atomic E-state index is 0.0350. The van der Waals surface area contributed by atoms with E-state index in [0.29, 0.717) is 41.4 Å². The van der Waals surface area contributed by atoms with Gasteiger partial charge in [-0.15, -0.1) is 0 Å². The molecule has 2 saturated heterocycles.